The van der Waals surface area contributed by atoms with Crippen molar-refractivity contribution in [2.75, 3.05) is 0 Å². The van der Waals surface area contributed by atoms with Gasteiger partial charge in [-0.2, -0.15) is 0 Å². The summed E-state index contributed by atoms with van der Waals surface area (Å²) in [5.41, 5.74) is -1.19. The zero-order valence-electron chi connectivity index (χ0n) is 9.71. The fourth-order valence-electron chi connectivity index (χ4n) is 1.43. The average molecular weight is 266 g/mol. The minimum atomic E-state index is -3.00. The zero-order chi connectivity index (χ0) is 14.0. The van der Waals surface area contributed by atoms with Crippen LogP contribution in [0, 0.1) is 6.92 Å². The molecule has 0 saturated carbocycles. The van der Waals surface area contributed by atoms with Gasteiger partial charge in [-0.05, 0) is 13.0 Å². The number of alkyl halides is 2. The first-order valence-electron chi connectivity index (χ1n) is 5.17. The molecule has 98 valence electrons. The van der Waals surface area contributed by atoms with Crippen LogP contribution < -0.4 is 0 Å². The number of carbonyl (C=O) groups is 1. The molecule has 0 atom stereocenters. The fourth-order valence-corrected chi connectivity index (χ4v) is 1.43. The molecule has 0 saturated heterocycles. The van der Waals surface area contributed by atoms with E-state index in [-0.39, 0.29) is 11.5 Å². The fraction of sp³-hybridized carbons (Fsp3) is 0.182. The van der Waals surface area contributed by atoms with Crippen molar-refractivity contribution in [3.63, 3.8) is 0 Å². The molecule has 2 aromatic rings. The number of aromatic carboxylic acids is 1. The monoisotopic (exact) mass is 266 g/mol. The van der Waals surface area contributed by atoms with E-state index in [1.54, 1.807) is 6.92 Å². The lowest BCUT2D eigenvalue weighted by molar-refractivity contribution is 0.0681. The van der Waals surface area contributed by atoms with Crippen molar-refractivity contribution in [3.05, 3.63) is 35.5 Å². The molecule has 8 heteroatoms. The van der Waals surface area contributed by atoms with E-state index in [4.69, 9.17) is 5.11 Å². The third-order valence-electron chi connectivity index (χ3n) is 2.26. The topological polar surface area (TPSA) is 88.9 Å². The average Bonchev–Trinajstić information content (AvgIpc) is 2.37. The number of nitrogens with zero attached hydrogens (tertiary/aromatic N) is 4. The minimum Gasteiger partial charge on any atom is -0.478 e. The summed E-state index contributed by atoms with van der Waals surface area (Å²) in [6.45, 7) is 1.63. The molecule has 0 aliphatic rings. The second kappa shape index (κ2) is 5.01. The van der Waals surface area contributed by atoms with E-state index in [2.05, 4.69) is 19.9 Å². The van der Waals surface area contributed by atoms with Crippen LogP contribution >= 0.6 is 0 Å². The molecule has 19 heavy (non-hydrogen) atoms. The van der Waals surface area contributed by atoms with Gasteiger partial charge in [0.2, 0.25) is 0 Å². The van der Waals surface area contributed by atoms with Crippen molar-refractivity contribution in [2.24, 2.45) is 0 Å². The highest BCUT2D eigenvalue weighted by atomic mass is 19.3. The van der Waals surface area contributed by atoms with Gasteiger partial charge in [0, 0.05) is 12.4 Å². The van der Waals surface area contributed by atoms with E-state index in [1.807, 2.05) is 0 Å². The predicted octanol–water partition coefficient (Wildman–Crippen LogP) is 1.88. The Morgan fingerprint density at radius 3 is 2.63 bits per heavy atom. The number of halogens is 2. The number of hydrogen-bond acceptors (Lipinski definition) is 5. The first-order chi connectivity index (χ1) is 8.99. The van der Waals surface area contributed by atoms with Crippen LogP contribution in [0.1, 0.15) is 28.3 Å². The largest absolute Gasteiger partial charge is 0.478 e. The highest BCUT2D eigenvalue weighted by molar-refractivity contribution is 5.88. The lowest BCUT2D eigenvalue weighted by Gasteiger charge is -2.06. The maximum absolute atomic E-state index is 12.8. The summed E-state index contributed by atoms with van der Waals surface area (Å²) in [5.74, 6) is -1.13. The summed E-state index contributed by atoms with van der Waals surface area (Å²) in [5, 5.41) is 8.78. The molecule has 0 aliphatic heterocycles. The second-order valence-corrected chi connectivity index (χ2v) is 3.59. The summed E-state index contributed by atoms with van der Waals surface area (Å²) in [6.07, 6.45) is -0.714. The van der Waals surface area contributed by atoms with Crippen molar-refractivity contribution in [1.82, 2.24) is 19.9 Å². The Morgan fingerprint density at radius 1 is 1.32 bits per heavy atom. The van der Waals surface area contributed by atoms with Gasteiger partial charge in [-0.15, -0.1) is 0 Å². The molecule has 0 unspecified atom stereocenters. The lowest BCUT2D eigenvalue weighted by Crippen LogP contribution is -2.08. The highest BCUT2D eigenvalue weighted by Crippen LogP contribution is 2.23. The molecular weight excluding hydrogens is 258 g/mol. The second-order valence-electron chi connectivity index (χ2n) is 3.59. The molecule has 0 amide bonds. The summed E-state index contributed by atoms with van der Waals surface area (Å²) < 4.78 is 25.6. The number of aryl methyl sites for hydroxylation is 1. The van der Waals surface area contributed by atoms with Crippen molar-refractivity contribution < 1.29 is 18.7 Å². The van der Waals surface area contributed by atoms with Gasteiger partial charge in [-0.25, -0.2) is 33.5 Å². The van der Waals surface area contributed by atoms with Crippen LogP contribution in [0.2, 0.25) is 0 Å². The SMILES string of the molecule is Cc1nccc(-c2ncc(C(=O)O)c(C(F)F)n2)n1. The first kappa shape index (κ1) is 12.9. The van der Waals surface area contributed by atoms with E-state index in [1.165, 1.54) is 12.3 Å². The molecule has 0 aliphatic carbocycles. The van der Waals surface area contributed by atoms with Gasteiger partial charge in [0.05, 0.1) is 0 Å². The Hall–Kier alpha value is -2.51. The van der Waals surface area contributed by atoms with Gasteiger partial charge in [0.1, 0.15) is 22.8 Å². The van der Waals surface area contributed by atoms with E-state index in [9.17, 15) is 13.6 Å². The summed E-state index contributed by atoms with van der Waals surface area (Å²) in [4.78, 5) is 26.0. The van der Waals surface area contributed by atoms with Gasteiger partial charge in [0.15, 0.2) is 5.82 Å². The van der Waals surface area contributed by atoms with Crippen LogP contribution in [0.4, 0.5) is 8.78 Å². The van der Waals surface area contributed by atoms with E-state index in [0.29, 0.717) is 5.82 Å². The molecule has 0 fully saturated rings. The first-order valence-corrected chi connectivity index (χ1v) is 5.17. The summed E-state index contributed by atoms with van der Waals surface area (Å²) in [7, 11) is 0. The van der Waals surface area contributed by atoms with Gasteiger partial charge < -0.3 is 5.11 Å². The molecule has 0 aromatic carbocycles. The number of hydrogen-bond donors (Lipinski definition) is 1. The molecule has 1 N–H and O–H groups in total. The number of carboxylic acid groups (broad SMARTS) is 1. The molecule has 2 rings (SSSR count). The van der Waals surface area contributed by atoms with E-state index in [0.717, 1.165) is 6.20 Å². The van der Waals surface area contributed by atoms with Crippen molar-refractivity contribution >= 4 is 5.97 Å². The lowest BCUT2D eigenvalue weighted by atomic mass is 10.2. The van der Waals surface area contributed by atoms with Gasteiger partial charge in [0.25, 0.3) is 6.43 Å². The molecule has 0 radical (unpaired) electrons. The minimum absolute atomic E-state index is 0.0641. The molecule has 2 aromatic heterocycles. The van der Waals surface area contributed by atoms with Crippen LogP contribution in [0.15, 0.2) is 18.5 Å². The Morgan fingerprint density at radius 2 is 2.05 bits per heavy atom. The van der Waals surface area contributed by atoms with Crippen LogP contribution in [-0.2, 0) is 0 Å². The van der Waals surface area contributed by atoms with E-state index < -0.39 is 23.7 Å². The number of carboxylic acids is 1. The molecule has 0 spiro atoms. The van der Waals surface area contributed by atoms with Gasteiger partial charge in [-0.3, -0.25) is 0 Å². The smallest absolute Gasteiger partial charge is 0.339 e. The highest BCUT2D eigenvalue weighted by Gasteiger charge is 2.21. The molecule has 0 bridgehead atoms. The Kier molecular flexibility index (Phi) is 3.41. The van der Waals surface area contributed by atoms with Crippen LogP contribution in [0.3, 0.4) is 0 Å². The van der Waals surface area contributed by atoms with Gasteiger partial charge >= 0.3 is 5.97 Å². The molecular formula is C11H8F2N4O2. The summed E-state index contributed by atoms with van der Waals surface area (Å²) in [6, 6.07) is 1.46. The standard InChI is InChI=1S/C11H8F2N4O2/c1-5-14-3-2-7(16-5)10-15-4-6(11(18)19)8(17-10)9(12)13/h2-4,9H,1H3,(H,18,19). The normalized spacial score (nSPS) is 10.7. The van der Waals surface area contributed by atoms with E-state index >= 15 is 0 Å². The number of aromatic nitrogens is 4. The maximum atomic E-state index is 12.8. The van der Waals surface area contributed by atoms with Crippen molar-refractivity contribution in [2.45, 2.75) is 13.3 Å². The Labute approximate surface area is 106 Å². The zero-order valence-corrected chi connectivity index (χ0v) is 9.71. The van der Waals surface area contributed by atoms with Crippen molar-refractivity contribution in [3.8, 4) is 11.5 Å². The predicted molar refractivity (Wildman–Crippen MR) is 59.7 cm³/mol. The van der Waals surface area contributed by atoms with Gasteiger partial charge in [-0.1, -0.05) is 0 Å². The number of rotatable bonds is 3. The molecule has 6 nitrogen and oxygen atoms in total. The van der Waals surface area contributed by atoms with Crippen LogP contribution in [0.5, 0.6) is 0 Å². The Bertz CT molecular complexity index is 634. The third-order valence-corrected chi connectivity index (χ3v) is 2.26. The van der Waals surface area contributed by atoms with Crippen LogP contribution in [0.25, 0.3) is 11.5 Å². The quantitative estimate of drug-likeness (QED) is 0.912. The summed E-state index contributed by atoms with van der Waals surface area (Å²) >= 11 is 0. The maximum Gasteiger partial charge on any atom is 0.339 e. The van der Waals surface area contributed by atoms with Crippen LogP contribution in [-0.4, -0.2) is 31.0 Å². The molecule has 2 heterocycles. The third kappa shape index (κ3) is 2.67. The Balaban J connectivity index is 2.55. The van der Waals surface area contributed by atoms with Crippen molar-refractivity contribution in [1.29, 1.82) is 0 Å².